The van der Waals surface area contributed by atoms with E-state index >= 15 is 0 Å². The summed E-state index contributed by atoms with van der Waals surface area (Å²) in [5.74, 6) is -0.812. The highest BCUT2D eigenvalue weighted by Gasteiger charge is 2.27. The van der Waals surface area contributed by atoms with Crippen molar-refractivity contribution in [1.29, 1.82) is 0 Å². The number of anilines is 1. The van der Waals surface area contributed by atoms with E-state index in [-0.39, 0.29) is 29.5 Å². The van der Waals surface area contributed by atoms with Crippen molar-refractivity contribution in [3.05, 3.63) is 59.2 Å². The Bertz CT molecular complexity index is 1100. The molecule has 0 bridgehead atoms. The smallest absolute Gasteiger partial charge is 0.255 e. The molecule has 33 heavy (non-hydrogen) atoms. The van der Waals surface area contributed by atoms with Gasteiger partial charge in [-0.1, -0.05) is 18.2 Å². The van der Waals surface area contributed by atoms with Crippen LogP contribution in [0.5, 0.6) is 0 Å². The van der Waals surface area contributed by atoms with Crippen LogP contribution in [0.3, 0.4) is 0 Å². The second-order valence-electron chi connectivity index (χ2n) is 7.60. The summed E-state index contributed by atoms with van der Waals surface area (Å²) in [7, 11) is -2.15. The fourth-order valence-corrected chi connectivity index (χ4v) is 4.87. The summed E-state index contributed by atoms with van der Waals surface area (Å²) in [6.07, 6.45) is 0.667. The summed E-state index contributed by atoms with van der Waals surface area (Å²) in [6, 6.07) is 11.2. The number of nitrogens with zero attached hydrogens (tertiary/aromatic N) is 1. The fraction of sp³-hybridized carbons (Fsp3) is 0.391. The van der Waals surface area contributed by atoms with Crippen LogP contribution in [0.15, 0.2) is 47.4 Å². The van der Waals surface area contributed by atoms with Gasteiger partial charge >= 0.3 is 0 Å². The first-order chi connectivity index (χ1) is 15.8. The van der Waals surface area contributed by atoms with E-state index in [9.17, 15) is 18.0 Å². The van der Waals surface area contributed by atoms with E-state index in [4.69, 9.17) is 9.47 Å². The molecule has 178 valence electrons. The molecule has 0 saturated carbocycles. The minimum atomic E-state index is -3.75. The van der Waals surface area contributed by atoms with Crippen LogP contribution in [-0.2, 0) is 19.5 Å². The van der Waals surface area contributed by atoms with E-state index in [2.05, 4.69) is 10.6 Å². The lowest BCUT2D eigenvalue weighted by molar-refractivity contribution is 0.0730. The van der Waals surface area contributed by atoms with Crippen molar-refractivity contribution in [3.8, 4) is 0 Å². The number of carbonyl (C=O) groups excluding carboxylic acids is 2. The normalized spacial score (nSPS) is 14.6. The van der Waals surface area contributed by atoms with Gasteiger partial charge in [0.05, 0.1) is 29.4 Å². The number of morpholine rings is 1. The number of hydrogen-bond acceptors (Lipinski definition) is 6. The molecule has 10 heteroatoms. The number of ether oxygens (including phenoxy) is 2. The van der Waals surface area contributed by atoms with Crippen LogP contribution in [0.1, 0.15) is 32.7 Å². The first-order valence-electron chi connectivity index (χ1n) is 10.7. The molecule has 0 atom stereocenters. The minimum Gasteiger partial charge on any atom is -0.385 e. The summed E-state index contributed by atoms with van der Waals surface area (Å²) >= 11 is 0. The second kappa shape index (κ2) is 11.4. The predicted molar refractivity (Wildman–Crippen MR) is 124 cm³/mol. The maximum absolute atomic E-state index is 13.1. The van der Waals surface area contributed by atoms with Gasteiger partial charge in [-0.15, -0.1) is 0 Å². The number of aryl methyl sites for hydroxylation is 1. The Morgan fingerprint density at radius 3 is 2.52 bits per heavy atom. The van der Waals surface area contributed by atoms with Crippen LogP contribution >= 0.6 is 0 Å². The highest BCUT2D eigenvalue weighted by molar-refractivity contribution is 7.89. The molecule has 0 spiro atoms. The van der Waals surface area contributed by atoms with E-state index in [1.165, 1.54) is 16.4 Å². The van der Waals surface area contributed by atoms with Gasteiger partial charge in [0.25, 0.3) is 11.8 Å². The van der Waals surface area contributed by atoms with Gasteiger partial charge in [0.1, 0.15) is 0 Å². The zero-order valence-electron chi connectivity index (χ0n) is 18.8. The largest absolute Gasteiger partial charge is 0.385 e. The van der Waals surface area contributed by atoms with Crippen molar-refractivity contribution < 1.29 is 27.5 Å². The third-order valence-electron chi connectivity index (χ3n) is 5.29. The lowest BCUT2D eigenvalue weighted by atomic mass is 10.1. The van der Waals surface area contributed by atoms with Gasteiger partial charge in [0.15, 0.2) is 0 Å². The molecule has 1 aliphatic heterocycles. The molecule has 2 aromatic rings. The number of nitrogens with one attached hydrogen (secondary N) is 2. The molecular formula is C23H29N3O6S. The van der Waals surface area contributed by atoms with Crippen molar-refractivity contribution >= 4 is 27.5 Å². The highest BCUT2D eigenvalue weighted by atomic mass is 32.2. The van der Waals surface area contributed by atoms with Crippen LogP contribution in [0.4, 0.5) is 5.69 Å². The van der Waals surface area contributed by atoms with Crippen LogP contribution < -0.4 is 10.6 Å². The molecule has 1 aliphatic rings. The molecular weight excluding hydrogens is 446 g/mol. The Kier molecular flexibility index (Phi) is 8.56. The van der Waals surface area contributed by atoms with Crippen LogP contribution in [0.2, 0.25) is 0 Å². The summed E-state index contributed by atoms with van der Waals surface area (Å²) in [5.41, 5.74) is 1.50. The zero-order chi connectivity index (χ0) is 23.8. The molecule has 2 amide bonds. The van der Waals surface area contributed by atoms with Gasteiger partial charge in [-0.2, -0.15) is 4.31 Å². The molecule has 0 unspecified atom stereocenters. The van der Waals surface area contributed by atoms with Gasteiger partial charge < -0.3 is 20.1 Å². The van der Waals surface area contributed by atoms with Crippen LogP contribution in [-0.4, -0.2) is 71.1 Å². The Balaban J connectivity index is 1.80. The maximum atomic E-state index is 13.1. The molecule has 9 nitrogen and oxygen atoms in total. The Hall–Kier alpha value is -2.79. The number of benzene rings is 2. The summed E-state index contributed by atoms with van der Waals surface area (Å²) in [5, 5.41) is 5.55. The van der Waals surface area contributed by atoms with Gasteiger partial charge in [-0.25, -0.2) is 8.42 Å². The van der Waals surface area contributed by atoms with Crippen LogP contribution in [0, 0.1) is 6.92 Å². The van der Waals surface area contributed by atoms with Gasteiger partial charge in [0, 0.05) is 38.9 Å². The zero-order valence-corrected chi connectivity index (χ0v) is 19.6. The third-order valence-corrected chi connectivity index (χ3v) is 7.19. The Morgan fingerprint density at radius 2 is 1.79 bits per heavy atom. The first-order valence-corrected chi connectivity index (χ1v) is 12.1. The second-order valence-corrected chi connectivity index (χ2v) is 9.53. The summed E-state index contributed by atoms with van der Waals surface area (Å²) < 4.78 is 37.6. The van der Waals surface area contributed by atoms with E-state index in [0.29, 0.717) is 49.6 Å². The topological polar surface area (TPSA) is 114 Å². The molecule has 1 fully saturated rings. The van der Waals surface area contributed by atoms with Gasteiger partial charge in [0.2, 0.25) is 10.0 Å². The van der Waals surface area contributed by atoms with Gasteiger partial charge in [-0.3, -0.25) is 9.59 Å². The van der Waals surface area contributed by atoms with E-state index in [0.717, 1.165) is 0 Å². The number of para-hydroxylation sites is 1. The quantitative estimate of drug-likeness (QED) is 0.537. The average Bonchev–Trinajstić information content (AvgIpc) is 2.82. The van der Waals surface area contributed by atoms with Gasteiger partial charge in [-0.05, 0) is 43.2 Å². The number of sulfonamides is 1. The predicted octanol–water partition coefficient (Wildman–Crippen LogP) is 2.03. The lowest BCUT2D eigenvalue weighted by Gasteiger charge is -2.26. The molecule has 2 N–H and O–H groups in total. The third kappa shape index (κ3) is 6.17. The highest BCUT2D eigenvalue weighted by Crippen LogP contribution is 2.22. The standard InChI is InChI=1S/C23H29N3O6S/c1-17-8-9-18(33(29,30)26-11-14-32-15-12-26)16-20(17)23(28)25-21-7-4-3-6-19(21)22(27)24-10-5-13-31-2/h3-4,6-9,16H,5,10-15H2,1-2H3,(H,24,27)(H,25,28). The van der Waals surface area contributed by atoms with E-state index in [1.807, 2.05) is 0 Å². The number of amides is 2. The fourth-order valence-electron chi connectivity index (χ4n) is 3.44. The van der Waals surface area contributed by atoms with Crippen molar-refractivity contribution in [2.45, 2.75) is 18.2 Å². The number of rotatable bonds is 9. The lowest BCUT2D eigenvalue weighted by Crippen LogP contribution is -2.40. The van der Waals surface area contributed by atoms with E-state index in [1.54, 1.807) is 44.4 Å². The van der Waals surface area contributed by atoms with Crippen molar-refractivity contribution in [3.63, 3.8) is 0 Å². The van der Waals surface area contributed by atoms with Crippen molar-refractivity contribution in [1.82, 2.24) is 9.62 Å². The first kappa shape index (κ1) is 24.8. The Morgan fingerprint density at radius 1 is 1.06 bits per heavy atom. The SMILES string of the molecule is COCCCNC(=O)c1ccccc1NC(=O)c1cc(S(=O)(=O)N2CCOCC2)ccc1C. The molecule has 0 radical (unpaired) electrons. The molecule has 1 saturated heterocycles. The van der Waals surface area contributed by atoms with E-state index < -0.39 is 15.9 Å². The molecule has 0 aliphatic carbocycles. The summed E-state index contributed by atoms with van der Waals surface area (Å²) in [6.45, 7) is 3.91. The molecule has 1 heterocycles. The molecule has 0 aromatic heterocycles. The number of methoxy groups -OCH3 is 1. The molecule has 3 rings (SSSR count). The van der Waals surface area contributed by atoms with Crippen molar-refractivity contribution in [2.75, 3.05) is 51.9 Å². The monoisotopic (exact) mass is 475 g/mol. The number of hydrogen-bond donors (Lipinski definition) is 2. The summed E-state index contributed by atoms with van der Waals surface area (Å²) in [4.78, 5) is 25.7. The minimum absolute atomic E-state index is 0.0457. The molecule has 2 aromatic carbocycles. The Labute approximate surface area is 194 Å². The van der Waals surface area contributed by atoms with Crippen molar-refractivity contribution in [2.24, 2.45) is 0 Å². The average molecular weight is 476 g/mol. The number of carbonyl (C=O) groups is 2. The maximum Gasteiger partial charge on any atom is 0.255 e. The van der Waals surface area contributed by atoms with Crippen LogP contribution in [0.25, 0.3) is 0 Å².